The van der Waals surface area contributed by atoms with Crippen LogP contribution in [0.2, 0.25) is 10.0 Å². The number of amides is 2. The number of anilines is 1. The summed E-state index contributed by atoms with van der Waals surface area (Å²) >= 11 is 12.2. The van der Waals surface area contributed by atoms with Crippen molar-refractivity contribution < 1.29 is 18.0 Å². The van der Waals surface area contributed by atoms with Crippen LogP contribution in [0.25, 0.3) is 0 Å². The Labute approximate surface area is 231 Å². The van der Waals surface area contributed by atoms with Gasteiger partial charge in [0.15, 0.2) is 0 Å². The number of carbonyl (C=O) groups excluding carboxylic acids is 2. The number of halogens is 2. The van der Waals surface area contributed by atoms with Crippen LogP contribution in [0.5, 0.6) is 0 Å². The van der Waals surface area contributed by atoms with Gasteiger partial charge in [-0.25, -0.2) is 8.42 Å². The summed E-state index contributed by atoms with van der Waals surface area (Å²) in [6, 6.07) is 11.6. The molecule has 2 aromatic rings. The fourth-order valence-electron chi connectivity index (χ4n) is 3.91. The quantitative estimate of drug-likeness (QED) is 0.341. The molecule has 0 radical (unpaired) electrons. The number of hydrogen-bond donors (Lipinski definition) is 1. The Hall–Kier alpha value is -2.29. The lowest BCUT2D eigenvalue weighted by molar-refractivity contribution is -0.141. The minimum absolute atomic E-state index is 0.0266. The van der Waals surface area contributed by atoms with E-state index in [2.05, 4.69) is 5.32 Å². The minimum Gasteiger partial charge on any atom is -0.352 e. The number of sulfonamides is 1. The lowest BCUT2D eigenvalue weighted by Gasteiger charge is -2.32. The average Bonchev–Trinajstić information content (AvgIpc) is 2.83. The van der Waals surface area contributed by atoms with Gasteiger partial charge in [-0.05, 0) is 62.9 Å². The summed E-state index contributed by atoms with van der Waals surface area (Å²) in [4.78, 5) is 28.1. The van der Waals surface area contributed by atoms with Crippen molar-refractivity contribution in [1.82, 2.24) is 10.2 Å². The topological polar surface area (TPSA) is 86.8 Å². The third-order valence-electron chi connectivity index (χ3n) is 6.20. The van der Waals surface area contributed by atoms with E-state index in [-0.39, 0.29) is 37.4 Å². The van der Waals surface area contributed by atoms with Crippen LogP contribution in [-0.4, -0.2) is 50.0 Å². The summed E-state index contributed by atoms with van der Waals surface area (Å²) in [7, 11) is -3.54. The zero-order chi connectivity index (χ0) is 27.8. The molecule has 0 aliphatic rings. The van der Waals surface area contributed by atoms with Crippen LogP contribution < -0.4 is 9.62 Å². The normalized spacial score (nSPS) is 13.1. The van der Waals surface area contributed by atoms with E-state index in [0.29, 0.717) is 28.6 Å². The fourth-order valence-corrected chi connectivity index (χ4v) is 5.20. The lowest BCUT2D eigenvalue weighted by Crippen LogP contribution is -2.50. The van der Waals surface area contributed by atoms with Gasteiger partial charge in [-0.1, -0.05) is 60.8 Å². The Balaban J connectivity index is 2.24. The van der Waals surface area contributed by atoms with Crippen LogP contribution in [0.3, 0.4) is 0 Å². The van der Waals surface area contributed by atoms with Gasteiger partial charge in [0.1, 0.15) is 6.04 Å². The molecule has 204 valence electrons. The van der Waals surface area contributed by atoms with E-state index in [1.165, 1.54) is 4.31 Å². The summed E-state index contributed by atoms with van der Waals surface area (Å²) < 4.78 is 26.2. The van der Waals surface area contributed by atoms with Crippen molar-refractivity contribution in [3.05, 3.63) is 63.6 Å². The molecule has 0 saturated carbocycles. The summed E-state index contributed by atoms with van der Waals surface area (Å²) in [6.45, 7) is 8.00. The molecule has 2 rings (SSSR count). The van der Waals surface area contributed by atoms with Crippen molar-refractivity contribution in [2.45, 2.75) is 72.0 Å². The number of carbonyl (C=O) groups is 2. The van der Waals surface area contributed by atoms with Crippen molar-refractivity contribution in [2.75, 3.05) is 17.1 Å². The van der Waals surface area contributed by atoms with Crippen LogP contribution in [-0.2, 0) is 26.2 Å². The summed E-state index contributed by atoms with van der Waals surface area (Å²) in [5, 5.41) is 3.75. The Morgan fingerprint density at radius 1 is 1.00 bits per heavy atom. The molecule has 0 aromatic heterocycles. The second-order valence-electron chi connectivity index (χ2n) is 9.29. The molecule has 1 N–H and O–H groups in total. The number of aryl methyl sites for hydroxylation is 1. The zero-order valence-electron chi connectivity index (χ0n) is 22.1. The first-order valence-electron chi connectivity index (χ1n) is 12.5. The second kappa shape index (κ2) is 14.0. The van der Waals surface area contributed by atoms with E-state index in [4.69, 9.17) is 23.2 Å². The molecule has 0 aliphatic heterocycles. The van der Waals surface area contributed by atoms with Gasteiger partial charge >= 0.3 is 0 Å². The van der Waals surface area contributed by atoms with Gasteiger partial charge in [0, 0.05) is 25.6 Å². The van der Waals surface area contributed by atoms with E-state index in [1.54, 1.807) is 35.2 Å². The van der Waals surface area contributed by atoms with Crippen LogP contribution in [0.15, 0.2) is 42.5 Å². The number of hydrogen-bond acceptors (Lipinski definition) is 4. The molecule has 0 unspecified atom stereocenters. The first-order valence-corrected chi connectivity index (χ1v) is 15.1. The third kappa shape index (κ3) is 9.20. The highest BCUT2D eigenvalue weighted by molar-refractivity contribution is 7.92. The number of nitrogens with zero attached hydrogens (tertiary/aromatic N) is 2. The molecule has 0 aliphatic carbocycles. The maximum atomic E-state index is 13.5. The first kappa shape index (κ1) is 30.9. The molecule has 7 nitrogen and oxygen atoms in total. The van der Waals surface area contributed by atoms with Crippen molar-refractivity contribution in [2.24, 2.45) is 0 Å². The summed E-state index contributed by atoms with van der Waals surface area (Å²) in [6.07, 6.45) is 2.71. The maximum Gasteiger partial charge on any atom is 0.243 e. The van der Waals surface area contributed by atoms with Gasteiger partial charge in [0.2, 0.25) is 21.8 Å². The zero-order valence-corrected chi connectivity index (χ0v) is 24.5. The predicted molar refractivity (Wildman–Crippen MR) is 152 cm³/mol. The SMILES string of the molecule is CC[C@@H](C)NC(=O)[C@H](CC)N(Cc1ccc(Cl)c(Cl)c1)C(=O)CCCN(c1ccc(C)cc1)S(C)(=O)=O. The number of nitrogens with one attached hydrogen (secondary N) is 1. The Morgan fingerprint density at radius 2 is 1.65 bits per heavy atom. The van der Waals surface area contributed by atoms with Crippen molar-refractivity contribution in [1.29, 1.82) is 0 Å². The third-order valence-corrected chi connectivity index (χ3v) is 8.13. The highest BCUT2D eigenvalue weighted by atomic mass is 35.5. The van der Waals surface area contributed by atoms with E-state index >= 15 is 0 Å². The van der Waals surface area contributed by atoms with Gasteiger partial charge in [-0.2, -0.15) is 0 Å². The molecule has 0 saturated heterocycles. The smallest absolute Gasteiger partial charge is 0.243 e. The van der Waals surface area contributed by atoms with Crippen molar-refractivity contribution in [3.8, 4) is 0 Å². The van der Waals surface area contributed by atoms with Gasteiger partial charge in [0.25, 0.3) is 0 Å². The van der Waals surface area contributed by atoms with Crippen LogP contribution in [0, 0.1) is 6.92 Å². The second-order valence-corrected chi connectivity index (χ2v) is 12.0. The molecule has 0 bridgehead atoms. The molecule has 2 aromatic carbocycles. The molecule has 10 heteroatoms. The predicted octanol–water partition coefficient (Wildman–Crippen LogP) is 5.57. The summed E-state index contributed by atoms with van der Waals surface area (Å²) in [5.74, 6) is -0.461. The van der Waals surface area contributed by atoms with Crippen LogP contribution in [0.1, 0.15) is 57.6 Å². The Morgan fingerprint density at radius 3 is 2.19 bits per heavy atom. The average molecular weight is 571 g/mol. The molecule has 2 amide bonds. The molecule has 0 heterocycles. The Kier molecular flexibility index (Phi) is 11.7. The Bertz CT molecular complexity index is 1170. The minimum atomic E-state index is -3.54. The molecule has 0 spiro atoms. The van der Waals surface area contributed by atoms with Gasteiger partial charge in [-0.3, -0.25) is 13.9 Å². The lowest BCUT2D eigenvalue weighted by atomic mass is 10.1. The first-order chi connectivity index (χ1) is 17.4. The van der Waals surface area contributed by atoms with Gasteiger partial charge < -0.3 is 10.2 Å². The number of benzene rings is 2. The van der Waals surface area contributed by atoms with Crippen LogP contribution >= 0.6 is 23.2 Å². The van der Waals surface area contributed by atoms with E-state index in [9.17, 15) is 18.0 Å². The largest absolute Gasteiger partial charge is 0.352 e. The highest BCUT2D eigenvalue weighted by Crippen LogP contribution is 2.25. The maximum absolute atomic E-state index is 13.5. The van der Waals surface area contributed by atoms with Crippen molar-refractivity contribution >= 4 is 50.7 Å². The van der Waals surface area contributed by atoms with E-state index < -0.39 is 16.1 Å². The summed E-state index contributed by atoms with van der Waals surface area (Å²) in [5.41, 5.74) is 2.31. The van der Waals surface area contributed by atoms with Gasteiger partial charge in [-0.15, -0.1) is 0 Å². The number of rotatable bonds is 13. The van der Waals surface area contributed by atoms with Gasteiger partial charge in [0.05, 0.1) is 22.0 Å². The molecular formula is C27H37Cl2N3O4S. The fraction of sp³-hybridized carbons (Fsp3) is 0.481. The standard InChI is InChI=1S/C27H37Cl2N3O4S/c1-6-20(4)30-27(34)25(7-2)31(18-21-12-15-23(28)24(29)17-21)26(33)9-8-16-32(37(5,35)36)22-13-10-19(3)11-14-22/h10-15,17,20,25H,6-9,16,18H2,1-5H3,(H,30,34)/t20-,25+/m1/s1. The van der Waals surface area contributed by atoms with Crippen LogP contribution in [0.4, 0.5) is 5.69 Å². The monoisotopic (exact) mass is 569 g/mol. The molecule has 2 atom stereocenters. The highest BCUT2D eigenvalue weighted by Gasteiger charge is 2.29. The molecular weight excluding hydrogens is 533 g/mol. The van der Waals surface area contributed by atoms with Crippen molar-refractivity contribution in [3.63, 3.8) is 0 Å². The molecule has 37 heavy (non-hydrogen) atoms. The van der Waals surface area contributed by atoms with E-state index in [1.807, 2.05) is 39.8 Å². The van der Waals surface area contributed by atoms with E-state index in [0.717, 1.165) is 23.8 Å². The molecule has 0 fully saturated rings.